The van der Waals surface area contributed by atoms with Crippen LogP contribution in [0.25, 0.3) is 0 Å². The van der Waals surface area contributed by atoms with Gasteiger partial charge >= 0.3 is 5.97 Å². The molecule has 8 heteroatoms. The molecular formula is C13H18Cl2N2O4. The summed E-state index contributed by atoms with van der Waals surface area (Å²) in [6.07, 6.45) is 0.109. The molecule has 0 aromatic carbocycles. The average Bonchev–Trinajstić information content (AvgIpc) is 2.74. The Hall–Kier alpha value is -1.24. The van der Waals surface area contributed by atoms with Crippen molar-refractivity contribution in [3.8, 4) is 0 Å². The van der Waals surface area contributed by atoms with Crippen molar-refractivity contribution in [1.82, 2.24) is 9.47 Å². The Labute approximate surface area is 133 Å². The quantitative estimate of drug-likeness (QED) is 0.714. The number of carbonyl (C=O) groups excluding carboxylic acids is 2. The molecule has 1 rings (SSSR count). The highest BCUT2D eigenvalue weighted by molar-refractivity contribution is 6.41. The van der Waals surface area contributed by atoms with Crippen molar-refractivity contribution in [2.45, 2.75) is 6.42 Å². The van der Waals surface area contributed by atoms with E-state index in [-0.39, 0.29) is 24.8 Å². The van der Waals surface area contributed by atoms with Crippen LogP contribution in [-0.2, 0) is 21.3 Å². The number of nitrogens with zero attached hydrogens (tertiary/aromatic N) is 2. The minimum Gasteiger partial charge on any atom is -0.469 e. The number of hydrogen-bond acceptors (Lipinski definition) is 4. The molecule has 1 aromatic rings. The van der Waals surface area contributed by atoms with Crippen molar-refractivity contribution in [3.63, 3.8) is 0 Å². The van der Waals surface area contributed by atoms with Crippen molar-refractivity contribution in [3.05, 3.63) is 21.9 Å². The third-order valence-electron chi connectivity index (χ3n) is 3.00. The second-order valence-electron chi connectivity index (χ2n) is 4.34. The molecule has 0 bridgehead atoms. The Balaban J connectivity index is 2.87. The highest BCUT2D eigenvalue weighted by Crippen LogP contribution is 2.25. The highest BCUT2D eigenvalue weighted by atomic mass is 35.5. The number of methoxy groups -OCH3 is 2. The predicted octanol–water partition coefficient (Wildman–Crippen LogP) is 1.98. The zero-order valence-corrected chi connectivity index (χ0v) is 13.7. The monoisotopic (exact) mass is 336 g/mol. The number of carbonyl (C=O) groups is 2. The van der Waals surface area contributed by atoms with E-state index >= 15 is 0 Å². The van der Waals surface area contributed by atoms with Gasteiger partial charge < -0.3 is 18.9 Å². The number of hydrogen-bond donors (Lipinski definition) is 0. The van der Waals surface area contributed by atoms with Gasteiger partial charge in [0.1, 0.15) is 10.8 Å². The molecule has 0 saturated heterocycles. The van der Waals surface area contributed by atoms with Crippen LogP contribution in [0.5, 0.6) is 0 Å². The zero-order chi connectivity index (χ0) is 16.0. The third-order valence-corrected chi connectivity index (χ3v) is 3.84. The SMILES string of the molecule is COCCN(CCC(=O)OC)C(=O)c1cc(Cl)c(Cl)n1C. The highest BCUT2D eigenvalue weighted by Gasteiger charge is 2.22. The summed E-state index contributed by atoms with van der Waals surface area (Å²) in [5.74, 6) is -0.652. The van der Waals surface area contributed by atoms with E-state index in [1.165, 1.54) is 22.6 Å². The number of amides is 1. The van der Waals surface area contributed by atoms with Gasteiger partial charge in [-0.2, -0.15) is 0 Å². The summed E-state index contributed by atoms with van der Waals surface area (Å²) in [6.45, 7) is 0.945. The van der Waals surface area contributed by atoms with Gasteiger partial charge in [0.15, 0.2) is 0 Å². The number of halogens is 2. The first kappa shape index (κ1) is 17.8. The van der Waals surface area contributed by atoms with E-state index in [2.05, 4.69) is 4.74 Å². The maximum Gasteiger partial charge on any atom is 0.307 e. The summed E-state index contributed by atoms with van der Waals surface area (Å²) in [5.41, 5.74) is 0.353. The lowest BCUT2D eigenvalue weighted by molar-refractivity contribution is -0.140. The first-order valence-corrected chi connectivity index (χ1v) is 7.03. The van der Waals surface area contributed by atoms with Gasteiger partial charge in [0, 0.05) is 27.2 Å². The van der Waals surface area contributed by atoms with E-state index in [1.54, 1.807) is 14.2 Å². The minimum absolute atomic E-state index is 0.109. The summed E-state index contributed by atoms with van der Waals surface area (Å²) >= 11 is 11.9. The molecule has 0 N–H and O–H groups in total. The van der Waals surface area contributed by atoms with E-state index in [9.17, 15) is 9.59 Å². The summed E-state index contributed by atoms with van der Waals surface area (Å²) in [7, 11) is 4.50. The molecule has 1 amide bonds. The first-order valence-electron chi connectivity index (χ1n) is 6.28. The molecule has 0 atom stereocenters. The Bertz CT molecular complexity index is 517. The van der Waals surface area contributed by atoms with Crippen LogP contribution in [0.15, 0.2) is 6.07 Å². The number of aromatic nitrogens is 1. The first-order chi connectivity index (χ1) is 9.92. The number of ether oxygens (including phenoxy) is 2. The normalized spacial score (nSPS) is 10.5. The van der Waals surface area contributed by atoms with Crippen LogP contribution in [0.3, 0.4) is 0 Å². The molecule has 0 fully saturated rings. The van der Waals surface area contributed by atoms with Gasteiger partial charge in [-0.05, 0) is 6.07 Å². The fraction of sp³-hybridized carbons (Fsp3) is 0.538. The van der Waals surface area contributed by atoms with Gasteiger partial charge in [0.2, 0.25) is 0 Å². The van der Waals surface area contributed by atoms with Crippen LogP contribution in [0.4, 0.5) is 0 Å². The summed E-state index contributed by atoms with van der Waals surface area (Å²) in [6, 6.07) is 1.50. The Kier molecular flexibility index (Phi) is 7.01. The van der Waals surface area contributed by atoms with Gasteiger partial charge in [0.05, 0.1) is 25.2 Å². The fourth-order valence-corrected chi connectivity index (χ4v) is 2.13. The predicted molar refractivity (Wildman–Crippen MR) is 79.8 cm³/mol. The maximum absolute atomic E-state index is 12.5. The van der Waals surface area contributed by atoms with E-state index in [0.717, 1.165) is 0 Å². The van der Waals surface area contributed by atoms with Crippen LogP contribution < -0.4 is 0 Å². The number of esters is 1. The van der Waals surface area contributed by atoms with Crippen LogP contribution in [0.2, 0.25) is 10.2 Å². The maximum atomic E-state index is 12.5. The van der Waals surface area contributed by atoms with Gasteiger partial charge in [0.25, 0.3) is 5.91 Å². The average molecular weight is 337 g/mol. The zero-order valence-electron chi connectivity index (χ0n) is 12.2. The van der Waals surface area contributed by atoms with Gasteiger partial charge in [-0.1, -0.05) is 23.2 Å². The topological polar surface area (TPSA) is 60.8 Å². The largest absolute Gasteiger partial charge is 0.469 e. The summed E-state index contributed by atoms with van der Waals surface area (Å²) < 4.78 is 11.1. The molecule has 21 heavy (non-hydrogen) atoms. The van der Waals surface area contributed by atoms with Gasteiger partial charge in [-0.3, -0.25) is 9.59 Å². The van der Waals surface area contributed by atoms with E-state index in [0.29, 0.717) is 29.0 Å². The molecule has 0 aliphatic carbocycles. The van der Waals surface area contributed by atoms with Crippen LogP contribution in [0.1, 0.15) is 16.9 Å². The second kappa shape index (κ2) is 8.26. The minimum atomic E-state index is -0.381. The smallest absolute Gasteiger partial charge is 0.307 e. The van der Waals surface area contributed by atoms with E-state index in [4.69, 9.17) is 27.9 Å². The van der Waals surface area contributed by atoms with Crippen molar-refractivity contribution < 1.29 is 19.1 Å². The second-order valence-corrected chi connectivity index (χ2v) is 5.10. The van der Waals surface area contributed by atoms with Crippen molar-refractivity contribution in [1.29, 1.82) is 0 Å². The van der Waals surface area contributed by atoms with Crippen molar-refractivity contribution in [2.75, 3.05) is 33.9 Å². The summed E-state index contributed by atoms with van der Waals surface area (Å²) in [5, 5.41) is 0.599. The molecule has 0 saturated carbocycles. The molecule has 0 spiro atoms. The Morgan fingerprint density at radius 2 is 1.95 bits per heavy atom. The van der Waals surface area contributed by atoms with E-state index in [1.807, 2.05) is 0 Å². The molecule has 1 aromatic heterocycles. The van der Waals surface area contributed by atoms with Crippen LogP contribution in [0, 0.1) is 0 Å². The molecule has 0 aliphatic rings. The molecule has 118 valence electrons. The van der Waals surface area contributed by atoms with Gasteiger partial charge in [-0.15, -0.1) is 0 Å². The van der Waals surface area contributed by atoms with Crippen LogP contribution in [-0.4, -0.2) is 55.3 Å². The van der Waals surface area contributed by atoms with Crippen molar-refractivity contribution >= 4 is 35.1 Å². The lowest BCUT2D eigenvalue weighted by Gasteiger charge is -2.22. The van der Waals surface area contributed by atoms with E-state index < -0.39 is 0 Å². The molecule has 6 nitrogen and oxygen atoms in total. The fourth-order valence-electron chi connectivity index (χ4n) is 1.75. The lowest BCUT2D eigenvalue weighted by Crippen LogP contribution is -2.36. The van der Waals surface area contributed by atoms with Crippen LogP contribution >= 0.6 is 23.2 Å². The molecular weight excluding hydrogens is 319 g/mol. The Morgan fingerprint density at radius 1 is 1.29 bits per heavy atom. The molecule has 0 radical (unpaired) electrons. The molecule has 0 unspecified atom stereocenters. The third kappa shape index (κ3) is 4.62. The Morgan fingerprint density at radius 3 is 2.43 bits per heavy atom. The number of rotatable bonds is 7. The summed E-state index contributed by atoms with van der Waals surface area (Å²) in [4.78, 5) is 25.3. The molecule has 1 heterocycles. The van der Waals surface area contributed by atoms with Gasteiger partial charge in [-0.25, -0.2) is 0 Å². The standard InChI is InChI=1S/C13H18Cl2N2O4/c1-16-10(8-9(14)12(16)15)13(19)17(6-7-20-2)5-4-11(18)21-3/h8H,4-7H2,1-3H3. The lowest BCUT2D eigenvalue weighted by atomic mass is 10.3. The molecule has 0 aliphatic heterocycles. The van der Waals surface area contributed by atoms with Crippen molar-refractivity contribution in [2.24, 2.45) is 7.05 Å².